The zero-order chi connectivity index (χ0) is 10.8. The Labute approximate surface area is 90.8 Å². The van der Waals surface area contributed by atoms with Gasteiger partial charge in [0.05, 0.1) is 5.60 Å². The van der Waals surface area contributed by atoms with Gasteiger partial charge >= 0.3 is 0 Å². The first kappa shape index (κ1) is 11.7. The summed E-state index contributed by atoms with van der Waals surface area (Å²) in [6.07, 6.45) is 1.86. The third kappa shape index (κ3) is 2.82. The summed E-state index contributed by atoms with van der Waals surface area (Å²) in [6.45, 7) is 8.21. The molecule has 14 heavy (non-hydrogen) atoms. The highest BCUT2D eigenvalue weighted by Gasteiger charge is 2.25. The van der Waals surface area contributed by atoms with Crippen molar-refractivity contribution in [2.24, 2.45) is 5.92 Å². The maximum absolute atomic E-state index is 10.1. The molecule has 1 aromatic heterocycles. The summed E-state index contributed by atoms with van der Waals surface area (Å²) in [6, 6.07) is 4.30. The molecule has 1 unspecified atom stereocenters. The van der Waals surface area contributed by atoms with Gasteiger partial charge in [0.15, 0.2) is 0 Å². The summed E-state index contributed by atoms with van der Waals surface area (Å²) in [5, 5.41) is 10.1. The van der Waals surface area contributed by atoms with Crippen LogP contribution < -0.4 is 0 Å². The Morgan fingerprint density at radius 1 is 1.36 bits per heavy atom. The average molecular weight is 212 g/mol. The van der Waals surface area contributed by atoms with Gasteiger partial charge in [-0.25, -0.2) is 0 Å². The number of hydrogen-bond acceptors (Lipinski definition) is 2. The molecule has 80 valence electrons. The van der Waals surface area contributed by atoms with Crippen molar-refractivity contribution in [2.75, 3.05) is 0 Å². The van der Waals surface area contributed by atoms with Crippen LogP contribution in [0.4, 0.5) is 0 Å². The van der Waals surface area contributed by atoms with Crippen LogP contribution in [0.25, 0.3) is 0 Å². The van der Waals surface area contributed by atoms with Crippen molar-refractivity contribution < 1.29 is 5.11 Å². The standard InChI is InChI=1S/C12H20OS/c1-5-10-6-7-11(14-10)8-12(4,13)9(2)3/h6-7,9,13H,5,8H2,1-4H3. The first-order valence-corrected chi connectivity index (χ1v) is 6.07. The fourth-order valence-corrected chi connectivity index (χ4v) is 2.38. The van der Waals surface area contributed by atoms with Crippen LogP contribution in [0.1, 0.15) is 37.4 Å². The fourth-order valence-electron chi connectivity index (χ4n) is 1.26. The molecular formula is C12H20OS. The second-order valence-corrected chi connectivity index (χ2v) is 5.66. The highest BCUT2D eigenvalue weighted by molar-refractivity contribution is 7.12. The Kier molecular flexibility index (Phi) is 3.73. The third-order valence-corrected chi connectivity index (χ3v) is 4.07. The summed E-state index contributed by atoms with van der Waals surface area (Å²) in [7, 11) is 0. The van der Waals surface area contributed by atoms with E-state index in [0.717, 1.165) is 12.8 Å². The molecule has 0 radical (unpaired) electrons. The summed E-state index contributed by atoms with van der Waals surface area (Å²) < 4.78 is 0. The van der Waals surface area contributed by atoms with Gasteiger partial charge in [0.2, 0.25) is 0 Å². The van der Waals surface area contributed by atoms with Crippen molar-refractivity contribution in [3.8, 4) is 0 Å². The van der Waals surface area contributed by atoms with Crippen molar-refractivity contribution in [1.82, 2.24) is 0 Å². The number of aliphatic hydroxyl groups is 1. The molecule has 0 fully saturated rings. The van der Waals surface area contributed by atoms with Crippen molar-refractivity contribution in [2.45, 2.75) is 46.1 Å². The minimum absolute atomic E-state index is 0.301. The van der Waals surface area contributed by atoms with Gasteiger partial charge in [-0.3, -0.25) is 0 Å². The van der Waals surface area contributed by atoms with Crippen LogP contribution in [0.2, 0.25) is 0 Å². The van der Waals surface area contributed by atoms with E-state index >= 15 is 0 Å². The quantitative estimate of drug-likeness (QED) is 0.812. The molecule has 0 aliphatic rings. The van der Waals surface area contributed by atoms with E-state index in [0.29, 0.717) is 5.92 Å². The average Bonchev–Trinajstić information content (AvgIpc) is 2.51. The SMILES string of the molecule is CCc1ccc(CC(C)(O)C(C)C)s1. The van der Waals surface area contributed by atoms with E-state index in [-0.39, 0.29) is 0 Å². The van der Waals surface area contributed by atoms with E-state index in [1.54, 1.807) is 0 Å². The van der Waals surface area contributed by atoms with Gasteiger partial charge in [0.25, 0.3) is 0 Å². The summed E-state index contributed by atoms with van der Waals surface area (Å²) in [4.78, 5) is 2.69. The minimum atomic E-state index is -0.574. The Morgan fingerprint density at radius 2 is 1.93 bits per heavy atom. The van der Waals surface area contributed by atoms with Gasteiger partial charge < -0.3 is 5.11 Å². The van der Waals surface area contributed by atoms with Gasteiger partial charge in [0, 0.05) is 16.2 Å². The maximum Gasteiger partial charge on any atom is 0.0690 e. The first-order valence-electron chi connectivity index (χ1n) is 5.25. The lowest BCUT2D eigenvalue weighted by atomic mass is 9.89. The van der Waals surface area contributed by atoms with Crippen LogP contribution in [0.5, 0.6) is 0 Å². The monoisotopic (exact) mass is 212 g/mol. The second-order valence-electron chi connectivity index (χ2n) is 4.41. The largest absolute Gasteiger partial charge is 0.390 e. The lowest BCUT2D eigenvalue weighted by molar-refractivity contribution is 0.0147. The van der Waals surface area contributed by atoms with Crippen molar-refractivity contribution >= 4 is 11.3 Å². The van der Waals surface area contributed by atoms with Crippen molar-refractivity contribution in [3.63, 3.8) is 0 Å². The van der Waals surface area contributed by atoms with E-state index in [2.05, 4.69) is 32.9 Å². The lowest BCUT2D eigenvalue weighted by Gasteiger charge is -2.26. The zero-order valence-electron chi connectivity index (χ0n) is 9.50. The molecule has 0 saturated heterocycles. The summed E-state index contributed by atoms with van der Waals surface area (Å²) in [5.41, 5.74) is -0.574. The van der Waals surface area contributed by atoms with Gasteiger partial charge in [-0.2, -0.15) is 0 Å². The summed E-state index contributed by atoms with van der Waals surface area (Å²) >= 11 is 1.82. The normalized spacial score (nSPS) is 15.9. The fraction of sp³-hybridized carbons (Fsp3) is 0.667. The zero-order valence-corrected chi connectivity index (χ0v) is 10.3. The predicted octanol–water partition coefficient (Wildman–Crippen LogP) is 3.26. The van der Waals surface area contributed by atoms with Crippen LogP contribution in [-0.4, -0.2) is 10.7 Å². The highest BCUT2D eigenvalue weighted by atomic mass is 32.1. The molecule has 1 nitrogen and oxygen atoms in total. The van der Waals surface area contributed by atoms with Crippen molar-refractivity contribution in [3.05, 3.63) is 21.9 Å². The Morgan fingerprint density at radius 3 is 2.36 bits per heavy atom. The molecule has 0 saturated carbocycles. The molecule has 0 bridgehead atoms. The molecule has 1 atom stereocenters. The maximum atomic E-state index is 10.1. The molecule has 1 rings (SSSR count). The van der Waals surface area contributed by atoms with Gasteiger partial charge in [-0.1, -0.05) is 20.8 Å². The Bertz CT molecular complexity index is 286. The van der Waals surface area contributed by atoms with E-state index < -0.39 is 5.60 Å². The van der Waals surface area contributed by atoms with Crippen LogP contribution in [0.15, 0.2) is 12.1 Å². The first-order chi connectivity index (χ1) is 6.45. The lowest BCUT2D eigenvalue weighted by Crippen LogP contribution is -2.33. The van der Waals surface area contributed by atoms with Gasteiger partial charge in [-0.15, -0.1) is 11.3 Å². The molecule has 2 heteroatoms. The molecule has 0 amide bonds. The summed E-state index contributed by atoms with van der Waals surface area (Å²) in [5.74, 6) is 0.301. The van der Waals surface area contributed by atoms with E-state index in [1.165, 1.54) is 9.75 Å². The van der Waals surface area contributed by atoms with E-state index in [9.17, 15) is 5.11 Å². The predicted molar refractivity (Wildman–Crippen MR) is 62.9 cm³/mol. The molecule has 1 heterocycles. The number of thiophene rings is 1. The molecule has 1 aromatic rings. The topological polar surface area (TPSA) is 20.2 Å². The second kappa shape index (κ2) is 4.45. The van der Waals surface area contributed by atoms with E-state index in [1.807, 2.05) is 18.3 Å². The van der Waals surface area contributed by atoms with Gasteiger partial charge in [0.1, 0.15) is 0 Å². The van der Waals surface area contributed by atoms with Crippen LogP contribution in [-0.2, 0) is 12.8 Å². The van der Waals surface area contributed by atoms with Crippen LogP contribution >= 0.6 is 11.3 Å². The van der Waals surface area contributed by atoms with E-state index in [4.69, 9.17) is 0 Å². The number of hydrogen-bond donors (Lipinski definition) is 1. The molecule has 0 aliphatic carbocycles. The Balaban J connectivity index is 2.68. The van der Waals surface area contributed by atoms with Gasteiger partial charge in [-0.05, 0) is 31.4 Å². The molecule has 0 aromatic carbocycles. The number of aryl methyl sites for hydroxylation is 1. The molecular weight excluding hydrogens is 192 g/mol. The minimum Gasteiger partial charge on any atom is -0.390 e. The smallest absolute Gasteiger partial charge is 0.0690 e. The number of rotatable bonds is 4. The molecule has 0 aliphatic heterocycles. The van der Waals surface area contributed by atoms with Crippen LogP contribution in [0, 0.1) is 5.92 Å². The van der Waals surface area contributed by atoms with Crippen LogP contribution in [0.3, 0.4) is 0 Å². The highest BCUT2D eigenvalue weighted by Crippen LogP contribution is 2.26. The third-order valence-electron chi connectivity index (χ3n) is 2.84. The van der Waals surface area contributed by atoms with Crippen molar-refractivity contribution in [1.29, 1.82) is 0 Å². The molecule has 0 spiro atoms. The Hall–Kier alpha value is -0.340. The molecule has 1 N–H and O–H groups in total.